The van der Waals surface area contributed by atoms with Crippen LogP contribution in [0, 0.1) is 0 Å². The molecule has 0 unspecified atom stereocenters. The number of carboxylic acid groups (broad SMARTS) is 1. The molecule has 0 aliphatic rings. The molecule has 3 nitrogen and oxygen atoms in total. The van der Waals surface area contributed by atoms with E-state index in [0.29, 0.717) is 23.3 Å². The maximum Gasteiger partial charge on any atom is 0.335 e. The summed E-state index contributed by atoms with van der Waals surface area (Å²) >= 11 is 11.7. The molecule has 0 bridgehead atoms. The number of ether oxygens (including phenoxy) is 1. The number of hydrogen-bond donors (Lipinski definition) is 1. The third-order valence-electron chi connectivity index (χ3n) is 2.66. The summed E-state index contributed by atoms with van der Waals surface area (Å²) in [6, 6.07) is 12.0. The average Bonchev–Trinajstić information content (AvgIpc) is 2.40. The molecule has 2 aromatic carbocycles. The highest BCUT2D eigenvalue weighted by molar-refractivity contribution is 6.31. The zero-order chi connectivity index (χ0) is 14.5. The lowest BCUT2D eigenvalue weighted by Crippen LogP contribution is -1.99. The van der Waals surface area contributed by atoms with Gasteiger partial charge in [-0.3, -0.25) is 0 Å². The molecular formula is C15H12Cl2O3. The first-order valence-electron chi connectivity index (χ1n) is 5.89. The third-order valence-corrected chi connectivity index (χ3v) is 3.13. The van der Waals surface area contributed by atoms with Gasteiger partial charge in [-0.2, -0.15) is 0 Å². The van der Waals surface area contributed by atoms with E-state index in [1.54, 1.807) is 24.3 Å². The molecule has 0 atom stereocenters. The van der Waals surface area contributed by atoms with Gasteiger partial charge in [0.15, 0.2) is 0 Å². The number of hydrogen-bond acceptors (Lipinski definition) is 2. The van der Waals surface area contributed by atoms with Crippen molar-refractivity contribution in [2.24, 2.45) is 0 Å². The molecule has 5 heteroatoms. The van der Waals surface area contributed by atoms with Crippen LogP contribution in [0.15, 0.2) is 42.5 Å². The summed E-state index contributed by atoms with van der Waals surface area (Å²) in [5.41, 5.74) is 1.88. The average molecular weight is 311 g/mol. The predicted molar refractivity (Wildman–Crippen MR) is 78.4 cm³/mol. The van der Waals surface area contributed by atoms with E-state index in [4.69, 9.17) is 33.0 Å². The number of aromatic carboxylic acids is 1. The number of halogens is 2. The van der Waals surface area contributed by atoms with Crippen molar-refractivity contribution in [3.05, 3.63) is 69.2 Å². The Kier molecular flexibility index (Phi) is 5.01. The van der Waals surface area contributed by atoms with E-state index in [-0.39, 0.29) is 5.56 Å². The molecule has 0 saturated heterocycles. The summed E-state index contributed by atoms with van der Waals surface area (Å²) < 4.78 is 5.54. The van der Waals surface area contributed by atoms with Crippen LogP contribution >= 0.6 is 23.2 Å². The highest BCUT2D eigenvalue weighted by atomic mass is 35.5. The van der Waals surface area contributed by atoms with E-state index in [9.17, 15) is 4.79 Å². The molecule has 0 fully saturated rings. The van der Waals surface area contributed by atoms with Gasteiger partial charge in [-0.05, 0) is 41.5 Å². The second-order valence-electron chi connectivity index (χ2n) is 4.27. The van der Waals surface area contributed by atoms with E-state index in [2.05, 4.69) is 0 Å². The fourth-order valence-electron chi connectivity index (χ4n) is 1.72. The molecule has 0 amide bonds. The highest BCUT2D eigenvalue weighted by Gasteiger charge is 2.06. The van der Waals surface area contributed by atoms with Crippen LogP contribution in [0.25, 0.3) is 0 Å². The first-order chi connectivity index (χ1) is 9.54. The van der Waals surface area contributed by atoms with Crippen LogP contribution in [0.3, 0.4) is 0 Å². The first kappa shape index (κ1) is 14.9. The third kappa shape index (κ3) is 4.23. The Bertz CT molecular complexity index is 609. The van der Waals surface area contributed by atoms with Crippen LogP contribution in [-0.2, 0) is 18.0 Å². The van der Waals surface area contributed by atoms with E-state index in [1.165, 1.54) is 6.07 Å². The molecule has 0 aliphatic heterocycles. The van der Waals surface area contributed by atoms with Gasteiger partial charge in [0.2, 0.25) is 0 Å². The molecule has 0 aromatic heterocycles. The molecule has 1 N–H and O–H groups in total. The molecule has 0 radical (unpaired) electrons. The molecule has 0 aliphatic carbocycles. The topological polar surface area (TPSA) is 46.5 Å². The van der Waals surface area contributed by atoms with Crippen LogP contribution in [0.2, 0.25) is 10.0 Å². The smallest absolute Gasteiger partial charge is 0.335 e. The molecule has 20 heavy (non-hydrogen) atoms. The second kappa shape index (κ2) is 6.75. The van der Waals surface area contributed by atoms with Crippen molar-refractivity contribution in [2.75, 3.05) is 0 Å². The van der Waals surface area contributed by atoms with Crippen molar-refractivity contribution in [3.63, 3.8) is 0 Å². The van der Waals surface area contributed by atoms with Gasteiger partial charge in [0.1, 0.15) is 0 Å². The lowest BCUT2D eigenvalue weighted by atomic mass is 10.1. The van der Waals surface area contributed by atoms with Gasteiger partial charge in [0, 0.05) is 10.0 Å². The lowest BCUT2D eigenvalue weighted by molar-refractivity contribution is 0.0696. The van der Waals surface area contributed by atoms with Crippen molar-refractivity contribution in [2.45, 2.75) is 13.2 Å². The summed E-state index contributed by atoms with van der Waals surface area (Å²) in [5, 5.41) is 10.0. The fraction of sp³-hybridized carbons (Fsp3) is 0.133. The minimum atomic E-state index is -1.01. The summed E-state index contributed by atoms with van der Waals surface area (Å²) in [5.74, 6) is -1.01. The predicted octanol–water partition coefficient (Wildman–Crippen LogP) is 4.41. The summed E-state index contributed by atoms with van der Waals surface area (Å²) in [6.07, 6.45) is 0. The molecule has 2 rings (SSSR count). The van der Waals surface area contributed by atoms with Crippen molar-refractivity contribution in [1.82, 2.24) is 0 Å². The Labute approximate surface area is 126 Å². The zero-order valence-electron chi connectivity index (χ0n) is 10.5. The Morgan fingerprint density at radius 3 is 2.25 bits per heavy atom. The zero-order valence-corrected chi connectivity index (χ0v) is 12.0. The van der Waals surface area contributed by atoms with E-state index >= 15 is 0 Å². The number of carbonyl (C=O) groups is 1. The van der Waals surface area contributed by atoms with Gasteiger partial charge in [0.25, 0.3) is 0 Å². The summed E-state index contributed by atoms with van der Waals surface area (Å²) in [4.78, 5) is 10.9. The fourth-order valence-corrected chi connectivity index (χ4v) is 2.11. The molecule has 104 valence electrons. The molecule has 2 aromatic rings. The molecule has 0 saturated carbocycles. The molecule has 0 spiro atoms. The van der Waals surface area contributed by atoms with E-state index in [1.807, 2.05) is 12.1 Å². The Balaban J connectivity index is 1.97. The molecular weight excluding hydrogens is 299 g/mol. The van der Waals surface area contributed by atoms with Crippen LogP contribution in [0.5, 0.6) is 0 Å². The second-order valence-corrected chi connectivity index (χ2v) is 5.15. The first-order valence-corrected chi connectivity index (χ1v) is 6.65. The van der Waals surface area contributed by atoms with Crippen LogP contribution in [-0.4, -0.2) is 11.1 Å². The number of benzene rings is 2. The maximum absolute atomic E-state index is 10.9. The summed E-state index contributed by atoms with van der Waals surface area (Å²) in [6.45, 7) is 0.718. The van der Waals surface area contributed by atoms with Crippen molar-refractivity contribution >= 4 is 29.2 Å². The highest BCUT2D eigenvalue weighted by Crippen LogP contribution is 2.17. The van der Waals surface area contributed by atoms with Crippen molar-refractivity contribution in [1.29, 1.82) is 0 Å². The Morgan fingerprint density at radius 2 is 1.60 bits per heavy atom. The lowest BCUT2D eigenvalue weighted by Gasteiger charge is -2.06. The van der Waals surface area contributed by atoms with Gasteiger partial charge < -0.3 is 9.84 Å². The number of rotatable bonds is 5. The minimum absolute atomic E-state index is 0.155. The van der Waals surface area contributed by atoms with Crippen molar-refractivity contribution < 1.29 is 14.6 Å². The van der Waals surface area contributed by atoms with Gasteiger partial charge in [-0.25, -0.2) is 4.79 Å². The largest absolute Gasteiger partial charge is 0.478 e. The molecule has 0 heterocycles. The van der Waals surface area contributed by atoms with E-state index < -0.39 is 5.97 Å². The van der Waals surface area contributed by atoms with Gasteiger partial charge in [-0.15, -0.1) is 0 Å². The Hall–Kier alpha value is -1.55. The normalized spacial score (nSPS) is 10.5. The monoisotopic (exact) mass is 310 g/mol. The maximum atomic E-state index is 10.9. The SMILES string of the molecule is O=C(O)c1cc(Cl)cc(COCc2ccc(Cl)cc2)c1. The standard InChI is InChI=1S/C15H12Cl2O3/c16-13-3-1-10(2-4-13)8-20-9-11-5-12(15(18)19)7-14(17)6-11/h1-7H,8-9H2,(H,18,19). The van der Waals surface area contributed by atoms with Gasteiger partial charge in [0.05, 0.1) is 18.8 Å². The van der Waals surface area contributed by atoms with E-state index in [0.717, 1.165) is 11.1 Å². The number of carboxylic acids is 1. The van der Waals surface area contributed by atoms with Crippen LogP contribution in [0.1, 0.15) is 21.5 Å². The summed E-state index contributed by atoms with van der Waals surface area (Å²) in [7, 11) is 0. The van der Waals surface area contributed by atoms with Crippen molar-refractivity contribution in [3.8, 4) is 0 Å². The minimum Gasteiger partial charge on any atom is -0.478 e. The Morgan fingerprint density at radius 1 is 0.950 bits per heavy atom. The van der Waals surface area contributed by atoms with Gasteiger partial charge in [-0.1, -0.05) is 35.3 Å². The quantitative estimate of drug-likeness (QED) is 0.889. The van der Waals surface area contributed by atoms with Gasteiger partial charge >= 0.3 is 5.97 Å². The van der Waals surface area contributed by atoms with Crippen LogP contribution < -0.4 is 0 Å². The van der Waals surface area contributed by atoms with Crippen LogP contribution in [0.4, 0.5) is 0 Å².